The van der Waals surface area contributed by atoms with E-state index in [1.807, 2.05) is 0 Å². The Morgan fingerprint density at radius 2 is 2.16 bits per heavy atom. The Balaban J connectivity index is 1.99. The highest BCUT2D eigenvalue weighted by atomic mass is 79.9. The van der Waals surface area contributed by atoms with E-state index >= 15 is 0 Å². The van der Waals surface area contributed by atoms with Gasteiger partial charge in [0, 0.05) is 27.8 Å². The fourth-order valence-electron chi connectivity index (χ4n) is 2.40. The third-order valence-corrected chi connectivity index (χ3v) is 4.79. The molecule has 1 aliphatic rings. The van der Waals surface area contributed by atoms with Crippen LogP contribution in [0, 0.1) is 0 Å². The van der Waals surface area contributed by atoms with Gasteiger partial charge in [0.05, 0.1) is 0 Å². The van der Waals surface area contributed by atoms with Gasteiger partial charge in [0.15, 0.2) is 0 Å². The number of rotatable bonds is 4. The largest absolute Gasteiger partial charge is 0.398 e. The smallest absolute Gasteiger partial charge is 0.251 e. The first-order valence-corrected chi connectivity index (χ1v) is 7.25. The summed E-state index contributed by atoms with van der Waals surface area (Å²) in [5.74, 6) is -0.0627. The zero-order chi connectivity index (χ0) is 14.0. The van der Waals surface area contributed by atoms with Crippen molar-refractivity contribution in [2.75, 3.05) is 26.4 Å². The summed E-state index contributed by atoms with van der Waals surface area (Å²) in [6.07, 6.45) is 3.52. The molecule has 0 aliphatic heterocycles. The number of nitrogens with two attached hydrogens (primary N) is 1. The third-order valence-electron chi connectivity index (χ3n) is 4.07. The van der Waals surface area contributed by atoms with Gasteiger partial charge < -0.3 is 16.0 Å². The Morgan fingerprint density at radius 1 is 1.47 bits per heavy atom. The second kappa shape index (κ2) is 5.51. The van der Waals surface area contributed by atoms with Gasteiger partial charge in [-0.25, -0.2) is 0 Å². The van der Waals surface area contributed by atoms with E-state index in [0.717, 1.165) is 17.3 Å². The number of likely N-dealkylation sites (N-methyl/N-ethyl adjacent to an activating group) is 1. The normalized spacial score (nSPS) is 17.1. The SMILES string of the molecule is CN(C)C1(CNC(=O)c2ccc(Br)c(N)c2)CCC1. The average Bonchev–Trinajstić information content (AvgIpc) is 2.30. The van der Waals surface area contributed by atoms with Crippen LogP contribution in [-0.2, 0) is 0 Å². The van der Waals surface area contributed by atoms with Crippen molar-refractivity contribution in [3.63, 3.8) is 0 Å². The molecule has 1 amide bonds. The molecule has 0 bridgehead atoms. The number of nitrogens with one attached hydrogen (secondary N) is 1. The number of carbonyl (C=O) groups is 1. The maximum Gasteiger partial charge on any atom is 0.251 e. The molecule has 2 rings (SSSR count). The van der Waals surface area contributed by atoms with Gasteiger partial charge in [0.25, 0.3) is 5.91 Å². The molecular formula is C14H20BrN3O. The molecule has 4 nitrogen and oxygen atoms in total. The molecule has 0 radical (unpaired) electrons. The van der Waals surface area contributed by atoms with Crippen LogP contribution in [0.2, 0.25) is 0 Å². The van der Waals surface area contributed by atoms with Crippen molar-refractivity contribution in [3.05, 3.63) is 28.2 Å². The number of hydrogen-bond acceptors (Lipinski definition) is 3. The monoisotopic (exact) mass is 325 g/mol. The molecule has 0 unspecified atom stereocenters. The molecule has 5 heteroatoms. The van der Waals surface area contributed by atoms with Crippen molar-refractivity contribution >= 4 is 27.5 Å². The van der Waals surface area contributed by atoms with E-state index in [9.17, 15) is 4.79 Å². The summed E-state index contributed by atoms with van der Waals surface area (Å²) < 4.78 is 0.813. The molecule has 1 aromatic carbocycles. The first kappa shape index (κ1) is 14.3. The number of nitrogens with zero attached hydrogens (tertiary/aromatic N) is 1. The van der Waals surface area contributed by atoms with E-state index in [0.29, 0.717) is 17.8 Å². The Labute approximate surface area is 122 Å². The number of anilines is 1. The first-order chi connectivity index (χ1) is 8.94. The lowest BCUT2D eigenvalue weighted by atomic mass is 9.75. The number of amides is 1. The van der Waals surface area contributed by atoms with Crippen molar-refractivity contribution in [1.82, 2.24) is 10.2 Å². The minimum atomic E-state index is -0.0627. The van der Waals surface area contributed by atoms with Crippen LogP contribution >= 0.6 is 15.9 Å². The van der Waals surface area contributed by atoms with E-state index in [1.165, 1.54) is 6.42 Å². The Bertz CT molecular complexity index is 484. The molecule has 104 valence electrons. The van der Waals surface area contributed by atoms with Gasteiger partial charge in [-0.1, -0.05) is 0 Å². The van der Waals surface area contributed by atoms with E-state index in [2.05, 4.69) is 40.2 Å². The van der Waals surface area contributed by atoms with Crippen LogP contribution in [0.3, 0.4) is 0 Å². The van der Waals surface area contributed by atoms with Gasteiger partial charge in [-0.3, -0.25) is 4.79 Å². The number of halogens is 1. The van der Waals surface area contributed by atoms with Crippen LogP contribution in [0.1, 0.15) is 29.6 Å². The van der Waals surface area contributed by atoms with Crippen LogP contribution in [0.25, 0.3) is 0 Å². The predicted molar refractivity (Wildman–Crippen MR) is 81.2 cm³/mol. The summed E-state index contributed by atoms with van der Waals surface area (Å²) in [7, 11) is 4.14. The first-order valence-electron chi connectivity index (χ1n) is 6.45. The lowest BCUT2D eigenvalue weighted by Crippen LogP contribution is -2.57. The van der Waals surface area contributed by atoms with Gasteiger partial charge in [-0.15, -0.1) is 0 Å². The van der Waals surface area contributed by atoms with Gasteiger partial charge in [0.2, 0.25) is 0 Å². The molecule has 19 heavy (non-hydrogen) atoms. The quantitative estimate of drug-likeness (QED) is 0.835. The molecule has 0 atom stereocenters. The summed E-state index contributed by atoms with van der Waals surface area (Å²) in [6.45, 7) is 0.689. The van der Waals surface area contributed by atoms with Gasteiger partial charge >= 0.3 is 0 Å². The average molecular weight is 326 g/mol. The molecule has 0 aromatic heterocycles. The lowest BCUT2D eigenvalue weighted by molar-refractivity contribution is 0.0557. The highest BCUT2D eigenvalue weighted by Gasteiger charge is 2.39. The van der Waals surface area contributed by atoms with Crippen molar-refractivity contribution in [2.45, 2.75) is 24.8 Å². The standard InChI is InChI=1S/C14H20BrN3O/c1-18(2)14(6-3-7-14)9-17-13(19)10-4-5-11(15)12(16)8-10/h4-5,8H,3,6-7,9,16H2,1-2H3,(H,17,19). The molecule has 1 aliphatic carbocycles. The summed E-state index contributed by atoms with van der Waals surface area (Å²) in [4.78, 5) is 14.3. The number of benzene rings is 1. The van der Waals surface area contributed by atoms with Crippen LogP contribution < -0.4 is 11.1 Å². The third kappa shape index (κ3) is 2.92. The van der Waals surface area contributed by atoms with Crippen molar-refractivity contribution in [3.8, 4) is 0 Å². The molecule has 0 spiro atoms. The Morgan fingerprint density at radius 3 is 2.63 bits per heavy atom. The zero-order valence-corrected chi connectivity index (χ0v) is 13.0. The number of carbonyl (C=O) groups excluding carboxylic acids is 1. The molecular weight excluding hydrogens is 306 g/mol. The van der Waals surface area contributed by atoms with Gasteiger partial charge in [-0.2, -0.15) is 0 Å². The van der Waals surface area contributed by atoms with E-state index in [4.69, 9.17) is 5.73 Å². The summed E-state index contributed by atoms with van der Waals surface area (Å²) in [5.41, 5.74) is 7.11. The Kier molecular flexibility index (Phi) is 4.16. The van der Waals surface area contributed by atoms with Crippen LogP contribution in [-0.4, -0.2) is 37.0 Å². The highest BCUT2D eigenvalue weighted by Crippen LogP contribution is 2.35. The van der Waals surface area contributed by atoms with E-state index < -0.39 is 0 Å². The van der Waals surface area contributed by atoms with E-state index in [1.54, 1.807) is 18.2 Å². The van der Waals surface area contributed by atoms with Gasteiger partial charge in [-0.05, 0) is 67.5 Å². The zero-order valence-electron chi connectivity index (χ0n) is 11.4. The second-order valence-corrected chi connectivity index (χ2v) is 6.25. The molecule has 0 saturated heterocycles. The number of hydrogen-bond donors (Lipinski definition) is 2. The molecule has 1 fully saturated rings. The van der Waals surface area contributed by atoms with Crippen LogP contribution in [0.5, 0.6) is 0 Å². The summed E-state index contributed by atoms with van der Waals surface area (Å²) in [5, 5.41) is 3.02. The molecule has 1 saturated carbocycles. The van der Waals surface area contributed by atoms with E-state index in [-0.39, 0.29) is 11.4 Å². The Hall–Kier alpha value is -1.07. The minimum Gasteiger partial charge on any atom is -0.398 e. The maximum absolute atomic E-state index is 12.1. The molecule has 0 heterocycles. The minimum absolute atomic E-state index is 0.0627. The van der Waals surface area contributed by atoms with Crippen molar-refractivity contribution in [2.24, 2.45) is 0 Å². The highest BCUT2D eigenvalue weighted by molar-refractivity contribution is 9.10. The fourth-order valence-corrected chi connectivity index (χ4v) is 2.65. The number of nitrogen functional groups attached to an aromatic ring is 1. The molecule has 1 aromatic rings. The fraction of sp³-hybridized carbons (Fsp3) is 0.500. The second-order valence-electron chi connectivity index (χ2n) is 5.39. The van der Waals surface area contributed by atoms with Crippen molar-refractivity contribution in [1.29, 1.82) is 0 Å². The summed E-state index contributed by atoms with van der Waals surface area (Å²) >= 11 is 3.33. The summed E-state index contributed by atoms with van der Waals surface area (Å²) in [6, 6.07) is 5.27. The van der Waals surface area contributed by atoms with Gasteiger partial charge in [0.1, 0.15) is 0 Å². The van der Waals surface area contributed by atoms with Crippen LogP contribution in [0.4, 0.5) is 5.69 Å². The predicted octanol–water partition coefficient (Wildman–Crippen LogP) is 2.25. The molecule has 3 N–H and O–H groups in total. The van der Waals surface area contributed by atoms with Crippen molar-refractivity contribution < 1.29 is 4.79 Å². The lowest BCUT2D eigenvalue weighted by Gasteiger charge is -2.47. The van der Waals surface area contributed by atoms with Crippen LogP contribution in [0.15, 0.2) is 22.7 Å². The topological polar surface area (TPSA) is 58.4 Å². The maximum atomic E-state index is 12.1.